The number of anilines is 2. The lowest BCUT2D eigenvalue weighted by molar-refractivity contribution is 0.251. The van der Waals surface area contributed by atoms with Gasteiger partial charge in [-0.3, -0.25) is 4.68 Å². The van der Waals surface area contributed by atoms with Crippen LogP contribution in [0.25, 0.3) is 0 Å². The Morgan fingerprint density at radius 3 is 2.72 bits per heavy atom. The summed E-state index contributed by atoms with van der Waals surface area (Å²) in [5.74, 6) is 0.225. The highest BCUT2D eigenvalue weighted by molar-refractivity contribution is 7.91. The molecule has 2 N–H and O–H groups in total. The van der Waals surface area contributed by atoms with Crippen LogP contribution in [0.4, 0.5) is 16.2 Å². The van der Waals surface area contributed by atoms with Crippen LogP contribution in [-0.4, -0.2) is 55.3 Å². The van der Waals surface area contributed by atoms with E-state index < -0.39 is 16.2 Å². The highest BCUT2D eigenvalue weighted by atomic mass is 32.2. The van der Waals surface area contributed by atoms with E-state index in [9.17, 15) is 13.2 Å². The number of thiophene rings is 1. The number of aryl methyl sites for hydroxylation is 1. The second-order valence-electron chi connectivity index (χ2n) is 9.11. The van der Waals surface area contributed by atoms with Crippen LogP contribution in [0.15, 0.2) is 18.5 Å². The maximum Gasteiger partial charge on any atom is 0.334 e. The summed E-state index contributed by atoms with van der Waals surface area (Å²) in [6.45, 7) is 7.58. The van der Waals surface area contributed by atoms with E-state index in [2.05, 4.69) is 20.0 Å². The number of nitrogens with one attached hydrogen (secondary N) is 2. The van der Waals surface area contributed by atoms with Crippen LogP contribution in [0.3, 0.4) is 0 Å². The third-order valence-electron chi connectivity index (χ3n) is 5.83. The Balaban J connectivity index is 1.57. The van der Waals surface area contributed by atoms with Gasteiger partial charge in [-0.25, -0.2) is 13.8 Å². The number of likely N-dealkylation sites (tertiary alicyclic amines) is 1. The SMILES string of the molecule is Cc1cc(NC(=O)NS(=O)(=O)N(c2cnn(C3CC3)c2)[C@H]2CCCN(C)C2)c(C(C)C)s1. The number of carbonyl (C=O) groups is 1. The molecule has 1 atom stereocenters. The molecule has 1 saturated heterocycles. The molecule has 1 aliphatic carbocycles. The van der Waals surface area contributed by atoms with Gasteiger partial charge in [-0.2, -0.15) is 13.5 Å². The summed E-state index contributed by atoms with van der Waals surface area (Å²) in [7, 11) is -2.16. The molecule has 3 heterocycles. The third-order valence-corrected chi connectivity index (χ3v) is 8.65. The Labute approximate surface area is 194 Å². The van der Waals surface area contributed by atoms with Crippen molar-refractivity contribution in [3.05, 3.63) is 28.2 Å². The zero-order valence-electron chi connectivity index (χ0n) is 19.0. The number of carbonyl (C=O) groups excluding carboxylic acids is 1. The third kappa shape index (κ3) is 5.10. The molecular weight excluding hydrogens is 448 g/mol. The molecule has 9 nitrogen and oxygen atoms in total. The van der Waals surface area contributed by atoms with E-state index in [0.29, 0.717) is 24.0 Å². The number of nitrogens with zero attached hydrogens (tertiary/aromatic N) is 4. The highest BCUT2D eigenvalue weighted by Gasteiger charge is 2.36. The molecule has 2 amide bonds. The topological polar surface area (TPSA) is 99.6 Å². The Hall–Kier alpha value is -2.11. The summed E-state index contributed by atoms with van der Waals surface area (Å²) in [6, 6.07) is 1.19. The molecule has 2 fully saturated rings. The van der Waals surface area contributed by atoms with Crippen molar-refractivity contribution < 1.29 is 13.2 Å². The van der Waals surface area contributed by atoms with Gasteiger partial charge in [0.1, 0.15) is 0 Å². The van der Waals surface area contributed by atoms with Crippen molar-refractivity contribution in [2.45, 2.75) is 64.5 Å². The van der Waals surface area contributed by atoms with Crippen molar-refractivity contribution in [2.75, 3.05) is 29.8 Å². The van der Waals surface area contributed by atoms with Gasteiger partial charge in [-0.05, 0) is 58.2 Å². The Morgan fingerprint density at radius 1 is 1.31 bits per heavy atom. The van der Waals surface area contributed by atoms with Crippen LogP contribution < -0.4 is 14.3 Å². The van der Waals surface area contributed by atoms with Crippen LogP contribution in [0, 0.1) is 6.92 Å². The summed E-state index contributed by atoms with van der Waals surface area (Å²) in [4.78, 5) is 17.0. The van der Waals surface area contributed by atoms with E-state index in [1.165, 1.54) is 4.31 Å². The number of amides is 2. The molecule has 4 rings (SSSR count). The van der Waals surface area contributed by atoms with Crippen LogP contribution >= 0.6 is 11.3 Å². The first-order valence-electron chi connectivity index (χ1n) is 11.1. The lowest BCUT2D eigenvalue weighted by atomic mass is 10.1. The number of urea groups is 1. The summed E-state index contributed by atoms with van der Waals surface area (Å²) in [5, 5.41) is 7.12. The number of hydrogen-bond acceptors (Lipinski definition) is 6. The molecule has 1 aliphatic heterocycles. The largest absolute Gasteiger partial charge is 0.334 e. The quantitative estimate of drug-likeness (QED) is 0.630. The van der Waals surface area contributed by atoms with Gasteiger partial charge in [0.25, 0.3) is 0 Å². The summed E-state index contributed by atoms with van der Waals surface area (Å²) in [6.07, 6.45) is 7.09. The highest BCUT2D eigenvalue weighted by Crippen LogP contribution is 2.36. The minimum atomic E-state index is -4.14. The molecule has 0 spiro atoms. The molecule has 0 aromatic carbocycles. The summed E-state index contributed by atoms with van der Waals surface area (Å²) in [5.41, 5.74) is 1.15. The molecule has 176 valence electrons. The van der Waals surface area contributed by atoms with Crippen LogP contribution in [0.5, 0.6) is 0 Å². The van der Waals surface area contributed by atoms with E-state index in [1.807, 2.05) is 38.6 Å². The van der Waals surface area contributed by atoms with Gasteiger partial charge in [0.2, 0.25) is 0 Å². The monoisotopic (exact) mass is 480 g/mol. The lowest BCUT2D eigenvalue weighted by Gasteiger charge is -2.37. The molecular formula is C21H32N6O3S2. The van der Waals surface area contributed by atoms with Crippen molar-refractivity contribution >= 4 is 39.0 Å². The minimum Gasteiger partial charge on any atom is -0.306 e. The van der Waals surface area contributed by atoms with Gasteiger partial charge in [0.15, 0.2) is 0 Å². The fraction of sp³-hybridized carbons (Fsp3) is 0.619. The first-order valence-corrected chi connectivity index (χ1v) is 13.4. The van der Waals surface area contributed by atoms with Gasteiger partial charge < -0.3 is 10.2 Å². The Kier molecular flexibility index (Phi) is 6.51. The number of aromatic nitrogens is 2. The van der Waals surface area contributed by atoms with Gasteiger partial charge in [0, 0.05) is 22.5 Å². The lowest BCUT2D eigenvalue weighted by Crippen LogP contribution is -2.54. The number of hydrogen-bond donors (Lipinski definition) is 2. The number of likely N-dealkylation sites (N-methyl/N-ethyl adjacent to an activating group) is 1. The zero-order chi connectivity index (χ0) is 23.0. The van der Waals surface area contributed by atoms with E-state index in [1.54, 1.807) is 23.7 Å². The molecule has 1 saturated carbocycles. The maximum absolute atomic E-state index is 13.5. The van der Waals surface area contributed by atoms with Gasteiger partial charge >= 0.3 is 16.2 Å². The predicted octanol–water partition coefficient (Wildman–Crippen LogP) is 3.68. The van der Waals surface area contributed by atoms with Crippen molar-refractivity contribution in [1.29, 1.82) is 0 Å². The van der Waals surface area contributed by atoms with E-state index in [-0.39, 0.29) is 12.0 Å². The molecule has 32 heavy (non-hydrogen) atoms. The molecule has 11 heteroatoms. The second-order valence-corrected chi connectivity index (χ2v) is 12.0. The van der Waals surface area contributed by atoms with Gasteiger partial charge in [-0.15, -0.1) is 11.3 Å². The van der Waals surface area contributed by atoms with Crippen molar-refractivity contribution in [3.63, 3.8) is 0 Å². The molecule has 0 radical (unpaired) electrons. The standard InChI is InChI=1S/C21H32N6O3S2/c1-14(2)20-19(10-15(3)31-20)23-21(28)24-32(29,30)27(17-6-5-9-25(4)12-17)18-11-22-26(13-18)16-7-8-16/h10-11,13-14,16-17H,5-9,12H2,1-4H3,(H2,23,24,28)/t17-/m0/s1. The maximum atomic E-state index is 13.5. The summed E-state index contributed by atoms with van der Waals surface area (Å²) < 4.78 is 32.3. The summed E-state index contributed by atoms with van der Waals surface area (Å²) >= 11 is 1.60. The second kappa shape index (κ2) is 9.03. The fourth-order valence-corrected chi connectivity index (χ4v) is 6.53. The average molecular weight is 481 g/mol. The number of piperidine rings is 1. The van der Waals surface area contributed by atoms with Gasteiger partial charge in [-0.1, -0.05) is 13.8 Å². The number of rotatable bonds is 7. The minimum absolute atomic E-state index is 0.225. The molecule has 2 aromatic rings. The Bertz CT molecular complexity index is 1070. The predicted molar refractivity (Wildman–Crippen MR) is 128 cm³/mol. The molecule has 2 aromatic heterocycles. The van der Waals surface area contributed by atoms with Crippen LogP contribution in [-0.2, 0) is 10.2 Å². The van der Waals surface area contributed by atoms with E-state index >= 15 is 0 Å². The van der Waals surface area contributed by atoms with Crippen LogP contribution in [0.1, 0.15) is 61.2 Å². The first kappa shape index (κ1) is 23.1. The zero-order valence-corrected chi connectivity index (χ0v) is 20.7. The first-order chi connectivity index (χ1) is 15.1. The molecule has 0 unspecified atom stereocenters. The van der Waals surface area contributed by atoms with E-state index in [0.717, 1.165) is 42.0 Å². The van der Waals surface area contributed by atoms with Crippen molar-refractivity contribution in [1.82, 2.24) is 19.4 Å². The average Bonchev–Trinajstić information content (AvgIpc) is 3.32. The molecule has 0 bridgehead atoms. The van der Waals surface area contributed by atoms with Crippen LogP contribution in [0.2, 0.25) is 0 Å². The van der Waals surface area contributed by atoms with Crippen molar-refractivity contribution in [2.24, 2.45) is 0 Å². The van der Waals surface area contributed by atoms with Crippen molar-refractivity contribution in [3.8, 4) is 0 Å². The fourth-order valence-electron chi connectivity index (χ4n) is 4.23. The Morgan fingerprint density at radius 2 is 2.06 bits per heavy atom. The molecule has 2 aliphatic rings. The van der Waals surface area contributed by atoms with E-state index in [4.69, 9.17) is 0 Å². The van der Waals surface area contributed by atoms with Gasteiger partial charge in [0.05, 0.1) is 29.7 Å². The normalized spacial score (nSPS) is 19.8. The smallest absolute Gasteiger partial charge is 0.306 e.